The van der Waals surface area contributed by atoms with Crippen LogP contribution >= 0.6 is 0 Å². The lowest BCUT2D eigenvalue weighted by molar-refractivity contribution is 0.171. The van der Waals surface area contributed by atoms with Crippen molar-refractivity contribution in [1.82, 2.24) is 10.3 Å². The van der Waals surface area contributed by atoms with Gasteiger partial charge in [-0.2, -0.15) is 0 Å². The van der Waals surface area contributed by atoms with E-state index in [4.69, 9.17) is 0 Å². The molecule has 0 aromatic carbocycles. The zero-order valence-electron chi connectivity index (χ0n) is 12.7. The second-order valence-electron chi connectivity index (χ2n) is 6.85. The molecule has 2 fully saturated rings. The van der Waals surface area contributed by atoms with Gasteiger partial charge in [0.05, 0.1) is 0 Å². The lowest BCUT2D eigenvalue weighted by Crippen LogP contribution is -2.35. The van der Waals surface area contributed by atoms with Gasteiger partial charge in [-0.05, 0) is 74.1 Å². The number of aromatic nitrogens is 1. The Balaban J connectivity index is 1.60. The third-order valence-electron chi connectivity index (χ3n) is 5.32. The van der Waals surface area contributed by atoms with Gasteiger partial charge in [0.1, 0.15) is 0 Å². The van der Waals surface area contributed by atoms with Crippen LogP contribution in [0, 0.1) is 17.8 Å². The van der Waals surface area contributed by atoms with E-state index in [2.05, 4.69) is 29.4 Å². The molecular weight excluding hydrogens is 244 g/mol. The summed E-state index contributed by atoms with van der Waals surface area (Å²) in [5.74, 6) is 2.70. The van der Waals surface area contributed by atoms with Crippen LogP contribution in [0.1, 0.15) is 51.0 Å². The molecule has 2 aliphatic carbocycles. The van der Waals surface area contributed by atoms with E-state index in [1.807, 2.05) is 12.4 Å². The summed E-state index contributed by atoms with van der Waals surface area (Å²) in [7, 11) is 0. The summed E-state index contributed by atoms with van der Waals surface area (Å²) in [6, 6.07) is 5.24. The summed E-state index contributed by atoms with van der Waals surface area (Å²) < 4.78 is 0. The van der Waals surface area contributed by atoms with E-state index in [9.17, 15) is 0 Å². The Morgan fingerprint density at radius 3 is 2.60 bits per heavy atom. The van der Waals surface area contributed by atoms with Gasteiger partial charge >= 0.3 is 0 Å². The number of nitrogens with one attached hydrogen (secondary N) is 1. The molecule has 2 heteroatoms. The molecule has 110 valence electrons. The van der Waals surface area contributed by atoms with Gasteiger partial charge in [0.25, 0.3) is 0 Å². The Morgan fingerprint density at radius 1 is 1.10 bits per heavy atom. The van der Waals surface area contributed by atoms with Gasteiger partial charge in [-0.1, -0.05) is 19.8 Å². The standard InChI is InChI=1S/C18H28N2/c1-2-14-3-4-16(13-20-18-5-6-18)17(11-14)12-15-7-9-19-10-8-15/h7-10,14,16-18,20H,2-6,11-13H2,1H3. The van der Waals surface area contributed by atoms with Crippen molar-refractivity contribution in [3.05, 3.63) is 30.1 Å². The Bertz CT molecular complexity index is 399. The number of hydrogen-bond acceptors (Lipinski definition) is 2. The minimum absolute atomic E-state index is 0.848. The van der Waals surface area contributed by atoms with E-state index in [0.717, 1.165) is 23.8 Å². The first-order valence-corrected chi connectivity index (χ1v) is 8.47. The van der Waals surface area contributed by atoms with Crippen molar-refractivity contribution in [2.75, 3.05) is 6.54 Å². The highest BCUT2D eigenvalue weighted by molar-refractivity contribution is 5.11. The Hall–Kier alpha value is -0.890. The van der Waals surface area contributed by atoms with E-state index in [0.29, 0.717) is 0 Å². The van der Waals surface area contributed by atoms with Gasteiger partial charge in [-0.3, -0.25) is 4.98 Å². The number of pyridine rings is 1. The molecule has 0 amide bonds. The minimum atomic E-state index is 0.848. The van der Waals surface area contributed by atoms with Crippen molar-refractivity contribution in [3.63, 3.8) is 0 Å². The highest BCUT2D eigenvalue weighted by Gasteiger charge is 2.31. The fraction of sp³-hybridized carbons (Fsp3) is 0.722. The van der Waals surface area contributed by atoms with Crippen molar-refractivity contribution >= 4 is 0 Å². The highest BCUT2D eigenvalue weighted by Crippen LogP contribution is 2.37. The molecule has 0 bridgehead atoms. The topological polar surface area (TPSA) is 24.9 Å². The Morgan fingerprint density at radius 2 is 1.90 bits per heavy atom. The minimum Gasteiger partial charge on any atom is -0.314 e. The van der Waals surface area contributed by atoms with Crippen LogP contribution in [0.4, 0.5) is 0 Å². The SMILES string of the molecule is CCC1CCC(CNC2CC2)C(Cc2ccncc2)C1. The van der Waals surface area contributed by atoms with Crippen LogP contribution in [0.25, 0.3) is 0 Å². The molecule has 20 heavy (non-hydrogen) atoms. The van der Waals surface area contributed by atoms with Crippen molar-refractivity contribution in [3.8, 4) is 0 Å². The molecular formula is C18H28N2. The maximum absolute atomic E-state index is 4.14. The number of hydrogen-bond donors (Lipinski definition) is 1. The molecule has 0 radical (unpaired) electrons. The lowest BCUT2D eigenvalue weighted by Gasteiger charge is -2.36. The summed E-state index contributed by atoms with van der Waals surface area (Å²) in [4.78, 5) is 4.14. The lowest BCUT2D eigenvalue weighted by atomic mass is 9.71. The van der Waals surface area contributed by atoms with E-state index >= 15 is 0 Å². The molecule has 3 unspecified atom stereocenters. The third-order valence-corrected chi connectivity index (χ3v) is 5.32. The van der Waals surface area contributed by atoms with Gasteiger partial charge in [0, 0.05) is 18.4 Å². The summed E-state index contributed by atoms with van der Waals surface area (Å²) >= 11 is 0. The molecule has 1 aromatic heterocycles. The molecule has 3 atom stereocenters. The monoisotopic (exact) mass is 272 g/mol. The van der Waals surface area contributed by atoms with Crippen LogP contribution in [0.15, 0.2) is 24.5 Å². The summed E-state index contributed by atoms with van der Waals surface area (Å²) in [6.45, 7) is 3.60. The van der Waals surface area contributed by atoms with Crippen molar-refractivity contribution in [2.24, 2.45) is 17.8 Å². The quantitative estimate of drug-likeness (QED) is 0.851. The van der Waals surface area contributed by atoms with Crippen LogP contribution in [0.5, 0.6) is 0 Å². The normalized spacial score (nSPS) is 30.4. The Labute approximate surface area is 123 Å². The van der Waals surface area contributed by atoms with Crippen LogP contribution in [0.3, 0.4) is 0 Å². The van der Waals surface area contributed by atoms with Gasteiger partial charge in [0.15, 0.2) is 0 Å². The van der Waals surface area contributed by atoms with E-state index in [1.165, 1.54) is 57.1 Å². The van der Waals surface area contributed by atoms with Gasteiger partial charge in [0.2, 0.25) is 0 Å². The van der Waals surface area contributed by atoms with Crippen LogP contribution in [-0.4, -0.2) is 17.6 Å². The second kappa shape index (κ2) is 6.71. The molecule has 2 aliphatic rings. The Kier molecular flexibility index (Phi) is 4.72. The molecule has 3 rings (SSSR count). The van der Waals surface area contributed by atoms with Gasteiger partial charge in [-0.15, -0.1) is 0 Å². The molecule has 0 saturated heterocycles. The first-order valence-electron chi connectivity index (χ1n) is 8.47. The van der Waals surface area contributed by atoms with Gasteiger partial charge in [-0.25, -0.2) is 0 Å². The third kappa shape index (κ3) is 3.82. The average molecular weight is 272 g/mol. The van der Waals surface area contributed by atoms with Crippen LogP contribution < -0.4 is 5.32 Å². The van der Waals surface area contributed by atoms with Crippen LogP contribution in [-0.2, 0) is 6.42 Å². The largest absolute Gasteiger partial charge is 0.314 e. The molecule has 1 aromatic rings. The van der Waals surface area contributed by atoms with Crippen molar-refractivity contribution in [2.45, 2.75) is 57.9 Å². The van der Waals surface area contributed by atoms with E-state index < -0.39 is 0 Å². The molecule has 2 saturated carbocycles. The molecule has 1 heterocycles. The summed E-state index contributed by atoms with van der Waals surface area (Å²) in [6.07, 6.45) is 13.6. The van der Waals surface area contributed by atoms with Gasteiger partial charge < -0.3 is 5.32 Å². The maximum atomic E-state index is 4.14. The van der Waals surface area contributed by atoms with Crippen molar-refractivity contribution in [1.29, 1.82) is 0 Å². The molecule has 1 N–H and O–H groups in total. The average Bonchev–Trinajstić information content (AvgIpc) is 3.31. The zero-order valence-corrected chi connectivity index (χ0v) is 12.7. The van der Waals surface area contributed by atoms with Crippen molar-refractivity contribution < 1.29 is 0 Å². The molecule has 0 spiro atoms. The first kappa shape index (κ1) is 14.1. The zero-order chi connectivity index (χ0) is 13.8. The molecule has 2 nitrogen and oxygen atoms in total. The fourth-order valence-corrected chi connectivity index (χ4v) is 3.74. The summed E-state index contributed by atoms with van der Waals surface area (Å²) in [5.41, 5.74) is 1.47. The number of nitrogens with zero attached hydrogens (tertiary/aromatic N) is 1. The number of rotatable bonds is 6. The van der Waals surface area contributed by atoms with E-state index in [1.54, 1.807) is 0 Å². The molecule has 0 aliphatic heterocycles. The van der Waals surface area contributed by atoms with Crippen LogP contribution in [0.2, 0.25) is 0 Å². The summed E-state index contributed by atoms with van der Waals surface area (Å²) in [5, 5.41) is 3.76. The predicted molar refractivity (Wildman–Crippen MR) is 83.6 cm³/mol. The smallest absolute Gasteiger partial charge is 0.0270 e. The highest BCUT2D eigenvalue weighted by atomic mass is 14.9. The van der Waals surface area contributed by atoms with E-state index in [-0.39, 0.29) is 0 Å². The fourth-order valence-electron chi connectivity index (χ4n) is 3.74. The maximum Gasteiger partial charge on any atom is 0.0270 e. The first-order chi connectivity index (χ1) is 9.85. The second-order valence-corrected chi connectivity index (χ2v) is 6.85. The predicted octanol–water partition coefficient (Wildman–Crippen LogP) is 3.82.